The molecule has 1 aromatic rings. The fraction of sp³-hybridized carbons (Fsp3) is 0.200. The molecular weight excluding hydrogens is 150 g/mol. The molecule has 0 radical (unpaired) electrons. The highest BCUT2D eigenvalue weighted by Crippen LogP contribution is 2.16. The highest BCUT2D eigenvalue weighted by atomic mass is 16.3. The van der Waals surface area contributed by atoms with Gasteiger partial charge in [0.25, 0.3) is 0 Å². The lowest BCUT2D eigenvalue weighted by atomic mass is 10.1. The Morgan fingerprint density at radius 1 is 1.42 bits per heavy atom. The second-order valence-corrected chi connectivity index (χ2v) is 2.59. The Hall–Kier alpha value is -1.28. The van der Waals surface area contributed by atoms with Crippen LogP contribution in [-0.4, -0.2) is 12.2 Å². The molecule has 0 aromatic heterocycles. The molecule has 64 valence electrons. The van der Waals surface area contributed by atoms with Gasteiger partial charge in [-0.3, -0.25) is 0 Å². The standard InChI is InChI=1S/C10H13NO/c1-8(11-2)10(12)9-6-4-3-5-7-9/h3-7,10-12H,1H2,2H3/t10-/m0/s1. The van der Waals surface area contributed by atoms with Crippen LogP contribution in [0.25, 0.3) is 0 Å². The van der Waals surface area contributed by atoms with Crippen LogP contribution in [0.4, 0.5) is 0 Å². The summed E-state index contributed by atoms with van der Waals surface area (Å²) in [6, 6.07) is 9.43. The van der Waals surface area contributed by atoms with Gasteiger partial charge in [0.05, 0.1) is 0 Å². The smallest absolute Gasteiger partial charge is 0.118 e. The largest absolute Gasteiger partial charge is 0.389 e. The SMILES string of the molecule is C=C(NC)[C@H](O)c1ccccc1. The van der Waals surface area contributed by atoms with Gasteiger partial charge >= 0.3 is 0 Å². The number of rotatable bonds is 3. The third-order valence-corrected chi connectivity index (χ3v) is 1.77. The van der Waals surface area contributed by atoms with E-state index in [1.165, 1.54) is 0 Å². The van der Waals surface area contributed by atoms with Crippen LogP contribution in [0.5, 0.6) is 0 Å². The summed E-state index contributed by atoms with van der Waals surface area (Å²) in [6.07, 6.45) is -0.615. The molecule has 2 N–H and O–H groups in total. The molecule has 0 aliphatic heterocycles. The van der Waals surface area contributed by atoms with Gasteiger partial charge in [0, 0.05) is 12.7 Å². The molecule has 0 unspecified atom stereocenters. The zero-order valence-corrected chi connectivity index (χ0v) is 7.12. The zero-order valence-electron chi connectivity index (χ0n) is 7.12. The van der Waals surface area contributed by atoms with Crippen molar-refractivity contribution in [3.8, 4) is 0 Å². The topological polar surface area (TPSA) is 32.3 Å². The van der Waals surface area contributed by atoms with E-state index in [4.69, 9.17) is 0 Å². The number of nitrogens with one attached hydrogen (secondary N) is 1. The summed E-state index contributed by atoms with van der Waals surface area (Å²) >= 11 is 0. The van der Waals surface area contributed by atoms with Crippen LogP contribution < -0.4 is 5.32 Å². The van der Waals surface area contributed by atoms with Crippen LogP contribution >= 0.6 is 0 Å². The summed E-state index contributed by atoms with van der Waals surface area (Å²) in [7, 11) is 1.74. The Kier molecular flexibility index (Phi) is 2.88. The summed E-state index contributed by atoms with van der Waals surface area (Å²) in [6.45, 7) is 3.69. The van der Waals surface area contributed by atoms with E-state index in [1.807, 2.05) is 30.3 Å². The molecule has 0 aliphatic rings. The zero-order chi connectivity index (χ0) is 8.97. The van der Waals surface area contributed by atoms with E-state index < -0.39 is 6.10 Å². The molecule has 2 heteroatoms. The quantitative estimate of drug-likeness (QED) is 0.707. The highest BCUT2D eigenvalue weighted by Gasteiger charge is 2.08. The Labute approximate surface area is 72.5 Å². The Balaban J connectivity index is 2.78. The van der Waals surface area contributed by atoms with Gasteiger partial charge in [0.2, 0.25) is 0 Å². The molecule has 2 nitrogen and oxygen atoms in total. The van der Waals surface area contributed by atoms with Gasteiger partial charge in [-0.05, 0) is 5.56 Å². The van der Waals surface area contributed by atoms with Crippen molar-refractivity contribution in [2.45, 2.75) is 6.10 Å². The normalized spacial score (nSPS) is 12.2. The minimum absolute atomic E-state index is 0.612. The first kappa shape index (κ1) is 8.81. The van der Waals surface area contributed by atoms with E-state index in [0.717, 1.165) is 5.56 Å². The van der Waals surface area contributed by atoms with Gasteiger partial charge in [-0.15, -0.1) is 0 Å². The first-order chi connectivity index (χ1) is 5.75. The maximum Gasteiger partial charge on any atom is 0.118 e. The predicted molar refractivity (Wildman–Crippen MR) is 49.6 cm³/mol. The van der Waals surface area contributed by atoms with Gasteiger partial charge in [0.1, 0.15) is 6.10 Å². The molecule has 0 spiro atoms. The lowest BCUT2D eigenvalue weighted by molar-refractivity contribution is 0.209. The molecule has 0 saturated carbocycles. The fourth-order valence-corrected chi connectivity index (χ4v) is 0.973. The molecule has 1 aromatic carbocycles. The van der Waals surface area contributed by atoms with Crippen LogP contribution in [0.2, 0.25) is 0 Å². The Bertz CT molecular complexity index is 256. The van der Waals surface area contributed by atoms with Gasteiger partial charge < -0.3 is 10.4 Å². The summed E-state index contributed by atoms with van der Waals surface area (Å²) in [4.78, 5) is 0. The Morgan fingerprint density at radius 3 is 2.50 bits per heavy atom. The number of hydrogen-bond acceptors (Lipinski definition) is 2. The average Bonchev–Trinajstić information content (AvgIpc) is 2.17. The highest BCUT2D eigenvalue weighted by molar-refractivity contribution is 5.23. The van der Waals surface area contributed by atoms with E-state index in [9.17, 15) is 5.11 Å². The number of hydrogen-bond donors (Lipinski definition) is 2. The minimum Gasteiger partial charge on any atom is -0.389 e. The maximum atomic E-state index is 9.63. The van der Waals surface area contributed by atoms with Crippen molar-refractivity contribution in [3.05, 3.63) is 48.2 Å². The van der Waals surface area contributed by atoms with Crippen molar-refractivity contribution in [2.75, 3.05) is 7.05 Å². The van der Waals surface area contributed by atoms with Crippen molar-refractivity contribution in [3.63, 3.8) is 0 Å². The predicted octanol–water partition coefficient (Wildman–Crippen LogP) is 1.45. The van der Waals surface area contributed by atoms with E-state index in [1.54, 1.807) is 7.05 Å². The fourth-order valence-electron chi connectivity index (χ4n) is 0.973. The molecule has 0 fully saturated rings. The van der Waals surface area contributed by atoms with Crippen LogP contribution in [-0.2, 0) is 0 Å². The summed E-state index contributed by atoms with van der Waals surface area (Å²) < 4.78 is 0. The van der Waals surface area contributed by atoms with E-state index in [-0.39, 0.29) is 0 Å². The second-order valence-electron chi connectivity index (χ2n) is 2.59. The maximum absolute atomic E-state index is 9.63. The molecular formula is C10H13NO. The van der Waals surface area contributed by atoms with Crippen LogP contribution in [0, 0.1) is 0 Å². The summed E-state index contributed by atoms with van der Waals surface area (Å²) in [5.74, 6) is 0. The molecule has 0 saturated heterocycles. The van der Waals surface area contributed by atoms with Gasteiger partial charge in [-0.2, -0.15) is 0 Å². The number of benzene rings is 1. The van der Waals surface area contributed by atoms with Crippen molar-refractivity contribution in [2.24, 2.45) is 0 Å². The van der Waals surface area contributed by atoms with Crippen molar-refractivity contribution in [1.82, 2.24) is 5.32 Å². The molecule has 0 heterocycles. The molecule has 12 heavy (non-hydrogen) atoms. The van der Waals surface area contributed by atoms with Crippen molar-refractivity contribution < 1.29 is 5.11 Å². The first-order valence-corrected chi connectivity index (χ1v) is 3.85. The van der Waals surface area contributed by atoms with Crippen LogP contribution in [0.3, 0.4) is 0 Å². The lowest BCUT2D eigenvalue weighted by Crippen LogP contribution is -2.12. The molecule has 0 aliphatic carbocycles. The van der Waals surface area contributed by atoms with E-state index >= 15 is 0 Å². The number of aliphatic hydroxyl groups is 1. The van der Waals surface area contributed by atoms with Gasteiger partial charge in [-0.25, -0.2) is 0 Å². The first-order valence-electron chi connectivity index (χ1n) is 3.85. The summed E-state index contributed by atoms with van der Waals surface area (Å²) in [5, 5.41) is 12.4. The third-order valence-electron chi connectivity index (χ3n) is 1.77. The van der Waals surface area contributed by atoms with Gasteiger partial charge in [-0.1, -0.05) is 36.9 Å². The molecule has 0 bridgehead atoms. The monoisotopic (exact) mass is 163 g/mol. The minimum atomic E-state index is -0.615. The lowest BCUT2D eigenvalue weighted by Gasteiger charge is -2.12. The third kappa shape index (κ3) is 1.86. The van der Waals surface area contributed by atoms with Crippen molar-refractivity contribution in [1.29, 1.82) is 0 Å². The van der Waals surface area contributed by atoms with Crippen LogP contribution in [0.1, 0.15) is 11.7 Å². The molecule has 0 amide bonds. The second kappa shape index (κ2) is 3.93. The summed E-state index contributed by atoms with van der Waals surface area (Å²) in [5.41, 5.74) is 1.47. The Morgan fingerprint density at radius 2 is 2.00 bits per heavy atom. The number of aliphatic hydroxyl groups excluding tert-OH is 1. The number of likely N-dealkylation sites (N-methyl/N-ethyl adjacent to an activating group) is 1. The van der Waals surface area contributed by atoms with E-state index in [2.05, 4.69) is 11.9 Å². The van der Waals surface area contributed by atoms with Gasteiger partial charge in [0.15, 0.2) is 0 Å². The van der Waals surface area contributed by atoms with Crippen LogP contribution in [0.15, 0.2) is 42.6 Å². The van der Waals surface area contributed by atoms with Crippen molar-refractivity contribution >= 4 is 0 Å². The molecule has 1 rings (SSSR count). The molecule has 1 atom stereocenters. The van der Waals surface area contributed by atoms with E-state index in [0.29, 0.717) is 5.70 Å². The average molecular weight is 163 g/mol.